The number of rotatable bonds is 4. The van der Waals surface area contributed by atoms with E-state index in [0.29, 0.717) is 5.75 Å². The second-order valence-electron chi connectivity index (χ2n) is 2.01. The molecule has 10 heavy (non-hydrogen) atoms. The Morgan fingerprint density at radius 2 is 2.00 bits per heavy atom. The third-order valence-corrected chi connectivity index (χ3v) is 5.62. The molecule has 4 nitrogen and oxygen atoms in total. The number of hydrogen-bond acceptors (Lipinski definition) is 5. The summed E-state index contributed by atoms with van der Waals surface area (Å²) in [5.41, 5.74) is 0. The Labute approximate surface area is 68.1 Å². The van der Waals surface area contributed by atoms with Crippen molar-refractivity contribution in [2.24, 2.45) is 0 Å². The van der Waals surface area contributed by atoms with Crippen LogP contribution >= 0.6 is 12.6 Å². The van der Waals surface area contributed by atoms with Crippen molar-refractivity contribution in [2.75, 3.05) is 5.75 Å². The maximum atomic E-state index is 8.45. The summed E-state index contributed by atoms with van der Waals surface area (Å²) in [6, 6.07) is 0.722. The van der Waals surface area contributed by atoms with Crippen molar-refractivity contribution in [2.45, 2.75) is 12.6 Å². The Morgan fingerprint density at radius 1 is 1.50 bits per heavy atom. The van der Waals surface area contributed by atoms with E-state index >= 15 is 0 Å². The maximum absolute atomic E-state index is 8.45. The second-order valence-corrected chi connectivity index (χ2v) is 6.75. The summed E-state index contributed by atoms with van der Waals surface area (Å²) in [4.78, 5) is 25.4. The molecule has 0 saturated heterocycles. The van der Waals surface area contributed by atoms with Gasteiger partial charge in [-0.1, -0.05) is 0 Å². The molecule has 0 aromatic heterocycles. The van der Waals surface area contributed by atoms with Gasteiger partial charge >= 0.3 is 9.05 Å². The van der Waals surface area contributed by atoms with Crippen LogP contribution in [0.1, 0.15) is 0 Å². The molecule has 0 bridgehead atoms. The molecule has 0 rings (SSSR count). The van der Waals surface area contributed by atoms with E-state index in [-0.39, 0.29) is 0 Å². The van der Waals surface area contributed by atoms with Crippen LogP contribution in [0.2, 0.25) is 12.6 Å². The van der Waals surface area contributed by atoms with Crippen molar-refractivity contribution in [1.82, 2.24) is 0 Å². The average molecular weight is 200 g/mol. The summed E-state index contributed by atoms with van der Waals surface area (Å²) < 4.78 is 4.57. The lowest BCUT2D eigenvalue weighted by Gasteiger charge is -2.14. The molecule has 0 heterocycles. The van der Waals surface area contributed by atoms with Crippen molar-refractivity contribution < 1.29 is 18.5 Å². The van der Waals surface area contributed by atoms with Crippen LogP contribution in [-0.4, -0.2) is 38.2 Å². The monoisotopic (exact) mass is 200 g/mol. The minimum atomic E-state index is -4.23. The molecule has 1 unspecified atom stereocenters. The third kappa shape index (κ3) is 6.74. The summed E-state index contributed by atoms with van der Waals surface area (Å²) in [6.07, 6.45) is 0. The minimum absolute atomic E-state index is 0.651. The molecular formula is C3H12O4SSi2. The van der Waals surface area contributed by atoms with Crippen LogP contribution in [0.5, 0.6) is 0 Å². The zero-order chi connectivity index (χ0) is 8.20. The fourth-order valence-corrected chi connectivity index (χ4v) is 4.60. The standard InChI is InChI=1S/C3H12O4SSi2/c1-9(3-2-8)7-10(4,5)6/h4-6,8-9H,2-3H2,1H3. The fraction of sp³-hybridized carbons (Fsp3) is 1.00. The molecule has 0 spiro atoms. The highest BCUT2D eigenvalue weighted by molar-refractivity contribution is 7.80. The lowest BCUT2D eigenvalue weighted by molar-refractivity contribution is 0.128. The maximum Gasteiger partial charge on any atom is 0.660 e. The van der Waals surface area contributed by atoms with E-state index in [9.17, 15) is 0 Å². The molecule has 0 aliphatic rings. The Kier molecular flexibility index (Phi) is 4.77. The van der Waals surface area contributed by atoms with Gasteiger partial charge in [0.1, 0.15) is 0 Å². The van der Waals surface area contributed by atoms with E-state index in [0.717, 1.165) is 6.04 Å². The van der Waals surface area contributed by atoms with Crippen LogP contribution in [0.3, 0.4) is 0 Å². The second kappa shape index (κ2) is 4.49. The summed E-state index contributed by atoms with van der Waals surface area (Å²) in [5, 5.41) is 0. The molecule has 0 amide bonds. The lowest BCUT2D eigenvalue weighted by atomic mass is 11.0. The number of thiol groups is 1. The minimum Gasteiger partial charge on any atom is -0.397 e. The van der Waals surface area contributed by atoms with Crippen LogP contribution < -0.4 is 0 Å². The Hall–Kier alpha value is 0.624. The predicted octanol–water partition coefficient (Wildman–Crippen LogP) is -1.30. The first-order valence-electron chi connectivity index (χ1n) is 2.91. The average Bonchev–Trinajstić information content (AvgIpc) is 1.59. The summed E-state index contributed by atoms with van der Waals surface area (Å²) in [7, 11) is -5.82. The van der Waals surface area contributed by atoms with Crippen LogP contribution in [0, 0.1) is 0 Å². The first-order valence-corrected chi connectivity index (χ1v) is 7.74. The SMILES string of the molecule is C[SiH](CCS)O[Si](O)(O)O. The van der Waals surface area contributed by atoms with E-state index in [2.05, 4.69) is 16.7 Å². The zero-order valence-corrected chi connectivity index (χ0v) is 8.74. The van der Waals surface area contributed by atoms with Crippen LogP contribution in [0.15, 0.2) is 0 Å². The fourth-order valence-electron chi connectivity index (χ4n) is 0.511. The molecule has 0 aromatic rings. The Morgan fingerprint density at radius 3 is 2.30 bits per heavy atom. The van der Waals surface area contributed by atoms with Gasteiger partial charge in [-0.05, 0) is 18.3 Å². The first kappa shape index (κ1) is 10.6. The van der Waals surface area contributed by atoms with Gasteiger partial charge in [0.25, 0.3) is 0 Å². The summed E-state index contributed by atoms with van der Waals surface area (Å²) in [6.45, 7) is 1.78. The van der Waals surface area contributed by atoms with Crippen LogP contribution in [-0.2, 0) is 4.12 Å². The van der Waals surface area contributed by atoms with Crippen molar-refractivity contribution in [1.29, 1.82) is 0 Å². The Bertz CT molecular complexity index is 95.0. The van der Waals surface area contributed by atoms with Gasteiger partial charge in [-0.25, -0.2) is 0 Å². The molecule has 62 valence electrons. The molecular weight excluding hydrogens is 188 g/mol. The first-order chi connectivity index (χ1) is 4.45. The van der Waals surface area contributed by atoms with E-state index < -0.39 is 18.1 Å². The van der Waals surface area contributed by atoms with Gasteiger partial charge in [-0.15, -0.1) is 0 Å². The van der Waals surface area contributed by atoms with E-state index in [1.807, 2.05) is 0 Å². The summed E-state index contributed by atoms with van der Waals surface area (Å²) >= 11 is 3.93. The van der Waals surface area contributed by atoms with Crippen LogP contribution in [0.4, 0.5) is 0 Å². The molecule has 7 heteroatoms. The highest BCUT2D eigenvalue weighted by atomic mass is 32.1. The van der Waals surface area contributed by atoms with E-state index in [4.69, 9.17) is 14.4 Å². The highest BCUT2D eigenvalue weighted by Crippen LogP contribution is 2.00. The third-order valence-electron chi connectivity index (χ3n) is 0.895. The highest BCUT2D eigenvalue weighted by Gasteiger charge is 2.32. The molecule has 0 aromatic carbocycles. The van der Waals surface area contributed by atoms with Gasteiger partial charge in [-0.2, -0.15) is 12.6 Å². The van der Waals surface area contributed by atoms with Crippen molar-refractivity contribution >= 4 is 30.7 Å². The van der Waals surface area contributed by atoms with Gasteiger partial charge in [-0.3, -0.25) is 0 Å². The quantitative estimate of drug-likeness (QED) is 0.336. The molecule has 0 aliphatic carbocycles. The topological polar surface area (TPSA) is 69.9 Å². The van der Waals surface area contributed by atoms with Gasteiger partial charge in [0.2, 0.25) is 0 Å². The summed E-state index contributed by atoms with van der Waals surface area (Å²) in [5.74, 6) is 0.651. The molecule has 0 saturated carbocycles. The lowest BCUT2D eigenvalue weighted by Crippen LogP contribution is -2.43. The molecule has 0 aliphatic heterocycles. The van der Waals surface area contributed by atoms with Crippen molar-refractivity contribution in [3.63, 3.8) is 0 Å². The van der Waals surface area contributed by atoms with Crippen LogP contribution in [0.25, 0.3) is 0 Å². The van der Waals surface area contributed by atoms with Crippen molar-refractivity contribution in [3.05, 3.63) is 0 Å². The largest absolute Gasteiger partial charge is 0.660 e. The molecule has 0 fully saturated rings. The smallest absolute Gasteiger partial charge is 0.397 e. The predicted molar refractivity (Wildman–Crippen MR) is 45.2 cm³/mol. The van der Waals surface area contributed by atoms with Gasteiger partial charge < -0.3 is 18.5 Å². The molecule has 0 radical (unpaired) electrons. The van der Waals surface area contributed by atoms with Gasteiger partial charge in [0.15, 0.2) is 9.04 Å². The van der Waals surface area contributed by atoms with E-state index in [1.54, 1.807) is 6.55 Å². The van der Waals surface area contributed by atoms with E-state index in [1.165, 1.54) is 0 Å². The van der Waals surface area contributed by atoms with Gasteiger partial charge in [0.05, 0.1) is 0 Å². The molecule has 3 N–H and O–H groups in total. The van der Waals surface area contributed by atoms with Gasteiger partial charge in [0, 0.05) is 0 Å². The van der Waals surface area contributed by atoms with Crippen molar-refractivity contribution in [3.8, 4) is 0 Å². The zero-order valence-electron chi connectivity index (χ0n) is 5.69. The normalized spacial score (nSPS) is 15.3. The number of hydrogen-bond donors (Lipinski definition) is 4. The Balaban J connectivity index is 3.47. The molecule has 1 atom stereocenters.